The van der Waals surface area contributed by atoms with E-state index in [9.17, 15) is 0 Å². The van der Waals surface area contributed by atoms with Crippen LogP contribution in [0.25, 0.3) is 0 Å². The monoisotopic (exact) mass is 228 g/mol. The smallest absolute Gasteiger partial charge is 0.205 e. The predicted molar refractivity (Wildman–Crippen MR) is 66.1 cm³/mol. The van der Waals surface area contributed by atoms with Crippen LogP contribution in [0.1, 0.15) is 32.6 Å². The number of nitrogens with zero attached hydrogens (tertiary/aromatic N) is 1. The highest BCUT2D eigenvalue weighted by atomic mass is 16.5. The number of hydrogen-bond donors (Lipinski definition) is 3. The largest absolute Gasteiger partial charge is 0.381 e. The molecule has 0 aromatic rings. The second kappa shape index (κ2) is 8.35. The summed E-state index contributed by atoms with van der Waals surface area (Å²) in [4.78, 5) is 4.43. The normalized spacial score (nSPS) is 21.9. The first-order valence-corrected chi connectivity index (χ1v) is 6.19. The summed E-state index contributed by atoms with van der Waals surface area (Å²) < 4.78 is 5.41. The molecule has 0 saturated carbocycles. The Bertz CT molecular complexity index is 202. The summed E-state index contributed by atoms with van der Waals surface area (Å²) in [5.74, 6) is 6.64. The average molecular weight is 228 g/mol. The second-order valence-corrected chi connectivity index (χ2v) is 4.20. The number of nitrogens with one attached hydrogen (secondary N) is 2. The summed E-state index contributed by atoms with van der Waals surface area (Å²) in [6.45, 7) is 5.60. The number of hydrogen-bond acceptors (Lipinski definition) is 3. The van der Waals surface area contributed by atoms with Crippen molar-refractivity contribution in [1.82, 2.24) is 10.7 Å². The van der Waals surface area contributed by atoms with Gasteiger partial charge in [-0.1, -0.05) is 13.3 Å². The van der Waals surface area contributed by atoms with E-state index in [-0.39, 0.29) is 0 Å². The molecule has 0 spiro atoms. The minimum absolute atomic E-state index is 0.546. The zero-order chi connectivity index (χ0) is 11.6. The molecule has 0 aromatic carbocycles. The minimum Gasteiger partial charge on any atom is -0.381 e. The van der Waals surface area contributed by atoms with E-state index in [0.717, 1.165) is 39.1 Å². The Morgan fingerprint density at radius 3 is 3.06 bits per heavy atom. The van der Waals surface area contributed by atoms with Crippen LogP contribution in [0, 0.1) is 5.92 Å². The van der Waals surface area contributed by atoms with Gasteiger partial charge < -0.3 is 10.1 Å². The summed E-state index contributed by atoms with van der Waals surface area (Å²) in [5, 5.41) is 3.18. The summed E-state index contributed by atoms with van der Waals surface area (Å²) in [6.07, 6.45) is 4.65. The number of rotatable bonds is 5. The van der Waals surface area contributed by atoms with Crippen molar-refractivity contribution < 1.29 is 4.74 Å². The van der Waals surface area contributed by atoms with Crippen molar-refractivity contribution in [1.29, 1.82) is 0 Å². The Hall–Kier alpha value is -0.810. The van der Waals surface area contributed by atoms with Gasteiger partial charge in [0.2, 0.25) is 5.96 Å². The third kappa shape index (κ3) is 5.32. The van der Waals surface area contributed by atoms with Crippen LogP contribution in [0.3, 0.4) is 0 Å². The molecule has 1 aliphatic heterocycles. The number of aliphatic imine (C=N–C) groups is 1. The third-order valence-corrected chi connectivity index (χ3v) is 2.72. The molecule has 1 atom stereocenters. The summed E-state index contributed by atoms with van der Waals surface area (Å²) in [7, 11) is 0. The van der Waals surface area contributed by atoms with Gasteiger partial charge in [0.25, 0.3) is 0 Å². The van der Waals surface area contributed by atoms with Crippen molar-refractivity contribution in [2.45, 2.75) is 32.6 Å². The van der Waals surface area contributed by atoms with E-state index < -0.39 is 0 Å². The molecule has 1 aliphatic rings. The molecule has 0 amide bonds. The SMILES string of the molecule is CCCCNC(=NCC1CCCOC1)NN. The predicted octanol–water partition coefficient (Wildman–Crippen LogP) is 0.622. The van der Waals surface area contributed by atoms with Crippen LogP contribution in [-0.4, -0.2) is 32.3 Å². The number of guanidine groups is 1. The van der Waals surface area contributed by atoms with Crippen LogP contribution in [0.4, 0.5) is 0 Å². The van der Waals surface area contributed by atoms with Gasteiger partial charge in [0.05, 0.1) is 6.61 Å². The zero-order valence-electron chi connectivity index (χ0n) is 10.2. The first-order valence-electron chi connectivity index (χ1n) is 6.19. The zero-order valence-corrected chi connectivity index (χ0v) is 10.2. The van der Waals surface area contributed by atoms with Gasteiger partial charge in [-0.2, -0.15) is 0 Å². The highest BCUT2D eigenvalue weighted by molar-refractivity contribution is 5.79. The summed E-state index contributed by atoms with van der Waals surface area (Å²) >= 11 is 0. The molecule has 5 nitrogen and oxygen atoms in total. The topological polar surface area (TPSA) is 71.7 Å². The van der Waals surface area contributed by atoms with Crippen LogP contribution >= 0.6 is 0 Å². The molecule has 0 aliphatic carbocycles. The summed E-state index contributed by atoms with van der Waals surface area (Å²) in [5.41, 5.74) is 2.60. The number of ether oxygens (including phenoxy) is 1. The van der Waals surface area contributed by atoms with Gasteiger partial charge in [-0.3, -0.25) is 10.4 Å². The fourth-order valence-corrected chi connectivity index (χ4v) is 1.71. The van der Waals surface area contributed by atoms with Gasteiger partial charge >= 0.3 is 0 Å². The standard InChI is InChI=1S/C11H24N4O/c1-2-3-6-13-11(15-12)14-8-10-5-4-7-16-9-10/h10H,2-9,12H2,1H3,(H2,13,14,15). The van der Waals surface area contributed by atoms with Crippen LogP contribution in [0.15, 0.2) is 4.99 Å². The van der Waals surface area contributed by atoms with Gasteiger partial charge in [0, 0.05) is 25.6 Å². The molecule has 1 saturated heterocycles. The van der Waals surface area contributed by atoms with E-state index in [1.165, 1.54) is 12.8 Å². The lowest BCUT2D eigenvalue weighted by Crippen LogP contribution is -2.42. The van der Waals surface area contributed by atoms with Crippen molar-refractivity contribution in [3.63, 3.8) is 0 Å². The third-order valence-electron chi connectivity index (χ3n) is 2.72. The Morgan fingerprint density at radius 2 is 2.44 bits per heavy atom. The molecule has 0 aromatic heterocycles. The fraction of sp³-hybridized carbons (Fsp3) is 0.909. The van der Waals surface area contributed by atoms with Gasteiger partial charge in [-0.25, -0.2) is 5.84 Å². The maximum Gasteiger partial charge on any atom is 0.205 e. The second-order valence-electron chi connectivity index (χ2n) is 4.20. The lowest BCUT2D eigenvalue weighted by Gasteiger charge is -2.20. The number of unbranched alkanes of at least 4 members (excludes halogenated alkanes) is 1. The Morgan fingerprint density at radius 1 is 1.56 bits per heavy atom. The lowest BCUT2D eigenvalue weighted by atomic mass is 10.0. The molecule has 1 unspecified atom stereocenters. The molecule has 1 heterocycles. The lowest BCUT2D eigenvalue weighted by molar-refractivity contribution is 0.0582. The van der Waals surface area contributed by atoms with Crippen molar-refractivity contribution in [3.05, 3.63) is 0 Å². The molecule has 0 bridgehead atoms. The van der Waals surface area contributed by atoms with E-state index >= 15 is 0 Å². The fourth-order valence-electron chi connectivity index (χ4n) is 1.71. The van der Waals surface area contributed by atoms with Crippen molar-refractivity contribution in [2.24, 2.45) is 16.8 Å². The minimum atomic E-state index is 0.546. The molecule has 1 rings (SSSR count). The van der Waals surface area contributed by atoms with Crippen molar-refractivity contribution in [2.75, 3.05) is 26.3 Å². The molecular weight excluding hydrogens is 204 g/mol. The van der Waals surface area contributed by atoms with E-state index in [1.54, 1.807) is 0 Å². The molecule has 4 N–H and O–H groups in total. The average Bonchev–Trinajstić information content (AvgIpc) is 2.35. The number of hydrazine groups is 1. The van der Waals surface area contributed by atoms with E-state index in [1.807, 2.05) is 0 Å². The maximum atomic E-state index is 5.41. The van der Waals surface area contributed by atoms with E-state index in [4.69, 9.17) is 10.6 Å². The molecule has 0 radical (unpaired) electrons. The van der Waals surface area contributed by atoms with Gasteiger partial charge in [-0.15, -0.1) is 0 Å². The highest BCUT2D eigenvalue weighted by Crippen LogP contribution is 2.13. The first kappa shape index (κ1) is 13.3. The molecule has 16 heavy (non-hydrogen) atoms. The van der Waals surface area contributed by atoms with Gasteiger partial charge in [0.15, 0.2) is 0 Å². The Labute approximate surface area is 97.8 Å². The van der Waals surface area contributed by atoms with Crippen molar-refractivity contribution in [3.8, 4) is 0 Å². The van der Waals surface area contributed by atoms with Gasteiger partial charge in [0.1, 0.15) is 0 Å². The maximum absolute atomic E-state index is 5.41. The van der Waals surface area contributed by atoms with Crippen LogP contribution in [0.2, 0.25) is 0 Å². The molecule has 1 fully saturated rings. The molecular formula is C11H24N4O. The molecule has 94 valence electrons. The number of nitrogens with two attached hydrogens (primary N) is 1. The van der Waals surface area contributed by atoms with E-state index in [2.05, 4.69) is 22.7 Å². The Kier molecular flexibility index (Phi) is 6.92. The van der Waals surface area contributed by atoms with Gasteiger partial charge in [-0.05, 0) is 19.3 Å². The first-order chi connectivity index (χ1) is 7.86. The van der Waals surface area contributed by atoms with Crippen LogP contribution in [-0.2, 0) is 4.74 Å². The van der Waals surface area contributed by atoms with Crippen LogP contribution < -0.4 is 16.6 Å². The van der Waals surface area contributed by atoms with Crippen LogP contribution in [0.5, 0.6) is 0 Å². The quantitative estimate of drug-likeness (QED) is 0.212. The van der Waals surface area contributed by atoms with E-state index in [0.29, 0.717) is 11.9 Å². The summed E-state index contributed by atoms with van der Waals surface area (Å²) in [6, 6.07) is 0. The highest BCUT2D eigenvalue weighted by Gasteiger charge is 2.13. The molecule has 5 heteroatoms. The Balaban J connectivity index is 2.22. The van der Waals surface area contributed by atoms with Crippen molar-refractivity contribution >= 4 is 5.96 Å².